The molecule has 1 heterocycles. The zero-order valence-electron chi connectivity index (χ0n) is 9.90. The molecule has 0 bridgehead atoms. The number of aliphatic hydroxyl groups excluding tert-OH is 1. The lowest BCUT2D eigenvalue weighted by Gasteiger charge is -2.17. The highest BCUT2D eigenvalue weighted by Gasteiger charge is 2.33. The highest BCUT2D eigenvalue weighted by atomic mass is 16.3. The summed E-state index contributed by atoms with van der Waals surface area (Å²) in [6.07, 6.45) is 0.988. The van der Waals surface area contributed by atoms with Gasteiger partial charge in [0.25, 0.3) is 0 Å². The van der Waals surface area contributed by atoms with E-state index in [0.717, 1.165) is 0 Å². The quantitative estimate of drug-likeness (QED) is 0.681. The molecule has 2 atom stereocenters. The summed E-state index contributed by atoms with van der Waals surface area (Å²) in [6.45, 7) is 4.91. The molecule has 0 aliphatic carbocycles. The monoisotopic (exact) mass is 228 g/mol. The molecule has 92 valence electrons. The van der Waals surface area contributed by atoms with E-state index in [1.165, 1.54) is 0 Å². The zero-order valence-corrected chi connectivity index (χ0v) is 9.90. The van der Waals surface area contributed by atoms with Gasteiger partial charge in [0.15, 0.2) is 0 Å². The van der Waals surface area contributed by atoms with E-state index in [1.54, 1.807) is 4.90 Å². The molecule has 1 unspecified atom stereocenters. The van der Waals surface area contributed by atoms with E-state index >= 15 is 0 Å². The average molecular weight is 228 g/mol. The summed E-state index contributed by atoms with van der Waals surface area (Å²) in [5.74, 6) is -0.335. The third-order valence-electron chi connectivity index (χ3n) is 3.03. The van der Waals surface area contributed by atoms with Gasteiger partial charge in [-0.3, -0.25) is 9.59 Å². The fourth-order valence-electron chi connectivity index (χ4n) is 1.85. The third kappa shape index (κ3) is 2.95. The van der Waals surface area contributed by atoms with Crippen molar-refractivity contribution in [2.45, 2.75) is 32.7 Å². The van der Waals surface area contributed by atoms with Gasteiger partial charge < -0.3 is 15.3 Å². The molecular weight excluding hydrogens is 208 g/mol. The summed E-state index contributed by atoms with van der Waals surface area (Å²) in [5.41, 5.74) is 0. The van der Waals surface area contributed by atoms with Crippen LogP contribution in [0.15, 0.2) is 0 Å². The van der Waals surface area contributed by atoms with E-state index in [0.29, 0.717) is 25.9 Å². The van der Waals surface area contributed by atoms with Crippen molar-refractivity contribution in [3.8, 4) is 0 Å². The number of nitrogens with one attached hydrogen (secondary N) is 1. The maximum atomic E-state index is 11.8. The fourth-order valence-corrected chi connectivity index (χ4v) is 1.85. The molecule has 1 aliphatic heterocycles. The molecule has 5 heteroatoms. The topological polar surface area (TPSA) is 69.6 Å². The van der Waals surface area contributed by atoms with Crippen molar-refractivity contribution in [1.82, 2.24) is 10.2 Å². The molecule has 2 amide bonds. The van der Waals surface area contributed by atoms with E-state index < -0.39 is 0 Å². The number of hydrogen-bond donors (Lipinski definition) is 2. The summed E-state index contributed by atoms with van der Waals surface area (Å²) in [7, 11) is 0. The molecular formula is C11H20N2O3. The molecule has 1 aliphatic rings. The Morgan fingerprint density at radius 1 is 1.62 bits per heavy atom. The van der Waals surface area contributed by atoms with Gasteiger partial charge in [0.05, 0.1) is 18.6 Å². The largest absolute Gasteiger partial charge is 0.394 e. The highest BCUT2D eigenvalue weighted by molar-refractivity contribution is 5.89. The second-order valence-electron chi connectivity index (χ2n) is 4.13. The highest BCUT2D eigenvalue weighted by Crippen LogP contribution is 2.17. The Labute approximate surface area is 95.8 Å². The average Bonchev–Trinajstić information content (AvgIpc) is 2.67. The predicted molar refractivity (Wildman–Crippen MR) is 59.7 cm³/mol. The van der Waals surface area contributed by atoms with E-state index in [4.69, 9.17) is 5.11 Å². The number of nitrogens with zero attached hydrogens (tertiary/aromatic N) is 1. The number of carbonyl (C=O) groups is 2. The minimum absolute atomic E-state index is 0.0414. The molecule has 1 rings (SSSR count). The number of amides is 2. The lowest BCUT2D eigenvalue weighted by Crippen LogP contribution is -2.41. The minimum atomic E-state index is -0.256. The van der Waals surface area contributed by atoms with E-state index in [2.05, 4.69) is 5.32 Å². The second kappa shape index (κ2) is 5.84. The first-order chi connectivity index (χ1) is 7.62. The van der Waals surface area contributed by atoms with Gasteiger partial charge in [-0.1, -0.05) is 6.92 Å². The summed E-state index contributed by atoms with van der Waals surface area (Å²) >= 11 is 0. The van der Waals surface area contributed by atoms with Gasteiger partial charge in [-0.15, -0.1) is 0 Å². The molecule has 0 saturated carbocycles. The van der Waals surface area contributed by atoms with Crippen LogP contribution in [0.25, 0.3) is 0 Å². The van der Waals surface area contributed by atoms with Gasteiger partial charge in [-0.2, -0.15) is 0 Å². The number of carbonyl (C=O) groups excluding carboxylic acids is 2. The molecule has 1 saturated heterocycles. The van der Waals surface area contributed by atoms with Gasteiger partial charge in [0.2, 0.25) is 11.8 Å². The van der Waals surface area contributed by atoms with E-state index in [-0.39, 0.29) is 30.4 Å². The van der Waals surface area contributed by atoms with Gasteiger partial charge in [-0.25, -0.2) is 0 Å². The lowest BCUT2D eigenvalue weighted by molar-refractivity contribution is -0.129. The maximum absolute atomic E-state index is 11.8. The van der Waals surface area contributed by atoms with Crippen LogP contribution in [0.5, 0.6) is 0 Å². The molecule has 0 aromatic heterocycles. The maximum Gasteiger partial charge on any atom is 0.225 e. The van der Waals surface area contributed by atoms with Gasteiger partial charge in [0.1, 0.15) is 0 Å². The van der Waals surface area contributed by atoms with Crippen molar-refractivity contribution >= 4 is 11.8 Å². The smallest absolute Gasteiger partial charge is 0.225 e. The summed E-state index contributed by atoms with van der Waals surface area (Å²) in [6, 6.07) is -0.196. The van der Waals surface area contributed by atoms with E-state index in [9.17, 15) is 9.59 Å². The second-order valence-corrected chi connectivity index (χ2v) is 4.13. The van der Waals surface area contributed by atoms with Crippen LogP contribution in [0.1, 0.15) is 26.7 Å². The van der Waals surface area contributed by atoms with Crippen LogP contribution in [-0.2, 0) is 9.59 Å². The van der Waals surface area contributed by atoms with Gasteiger partial charge >= 0.3 is 0 Å². The van der Waals surface area contributed by atoms with Crippen LogP contribution in [0.2, 0.25) is 0 Å². The number of hydrogen-bond acceptors (Lipinski definition) is 3. The molecule has 5 nitrogen and oxygen atoms in total. The molecule has 0 aromatic carbocycles. The summed E-state index contributed by atoms with van der Waals surface area (Å²) < 4.78 is 0. The SMILES string of the molecule is CC[C@H](CO)NC(=O)C1CC(=O)N(CC)C1. The lowest BCUT2D eigenvalue weighted by atomic mass is 10.1. The Morgan fingerprint density at radius 2 is 2.31 bits per heavy atom. The Hall–Kier alpha value is -1.10. The molecule has 0 radical (unpaired) electrons. The zero-order chi connectivity index (χ0) is 12.1. The van der Waals surface area contributed by atoms with Crippen LogP contribution >= 0.6 is 0 Å². The van der Waals surface area contributed by atoms with Gasteiger partial charge in [0, 0.05) is 19.5 Å². The molecule has 2 N–H and O–H groups in total. The van der Waals surface area contributed by atoms with Crippen LogP contribution in [0.3, 0.4) is 0 Å². The normalized spacial score (nSPS) is 22.3. The third-order valence-corrected chi connectivity index (χ3v) is 3.03. The molecule has 0 aromatic rings. The van der Waals surface area contributed by atoms with Crippen molar-refractivity contribution in [2.75, 3.05) is 19.7 Å². The van der Waals surface area contributed by atoms with E-state index in [1.807, 2.05) is 13.8 Å². The number of aliphatic hydroxyl groups is 1. The van der Waals surface area contributed by atoms with Crippen LogP contribution in [0, 0.1) is 5.92 Å². The van der Waals surface area contributed by atoms with Gasteiger partial charge in [-0.05, 0) is 13.3 Å². The molecule has 1 fully saturated rings. The Bertz CT molecular complexity index is 264. The van der Waals surface area contributed by atoms with Crippen LogP contribution < -0.4 is 5.32 Å². The Morgan fingerprint density at radius 3 is 2.75 bits per heavy atom. The number of rotatable bonds is 5. The van der Waals surface area contributed by atoms with Crippen molar-refractivity contribution in [3.05, 3.63) is 0 Å². The number of likely N-dealkylation sites (tertiary alicyclic amines) is 1. The standard InChI is InChI=1S/C11H20N2O3/c1-3-9(7-14)12-11(16)8-5-10(15)13(4-2)6-8/h8-9,14H,3-7H2,1-2H3,(H,12,16)/t8?,9-/m1/s1. The summed E-state index contributed by atoms with van der Waals surface area (Å²) in [4.78, 5) is 24.9. The first-order valence-electron chi connectivity index (χ1n) is 5.81. The first-order valence-corrected chi connectivity index (χ1v) is 5.81. The summed E-state index contributed by atoms with van der Waals surface area (Å²) in [5, 5.41) is 11.7. The van der Waals surface area contributed by atoms with Crippen molar-refractivity contribution < 1.29 is 14.7 Å². The van der Waals surface area contributed by atoms with Crippen LogP contribution in [0.4, 0.5) is 0 Å². The first kappa shape index (κ1) is 13.0. The Balaban J connectivity index is 2.47. The Kier molecular flexibility index (Phi) is 4.73. The van der Waals surface area contributed by atoms with Crippen molar-refractivity contribution in [1.29, 1.82) is 0 Å². The van der Waals surface area contributed by atoms with Crippen LogP contribution in [-0.4, -0.2) is 47.6 Å². The van der Waals surface area contributed by atoms with Crippen molar-refractivity contribution in [3.63, 3.8) is 0 Å². The minimum Gasteiger partial charge on any atom is -0.394 e. The fraction of sp³-hybridized carbons (Fsp3) is 0.818. The van der Waals surface area contributed by atoms with Crippen molar-refractivity contribution in [2.24, 2.45) is 5.92 Å². The molecule has 16 heavy (non-hydrogen) atoms. The predicted octanol–water partition coefficient (Wildman–Crippen LogP) is -0.258. The molecule has 0 spiro atoms.